The Morgan fingerprint density at radius 1 is 1.00 bits per heavy atom. The molecule has 2 heterocycles. The molecule has 3 aromatic rings. The highest BCUT2D eigenvalue weighted by atomic mass is 19.4. The standard InChI is InChI=1S/C26H25F3N2O3/c27-26(28,29)20-9-4-8-19(16-20)24(18-6-2-1-3-7-18)34-22-12-14-31(15-13-22)17-21-10-5-11-23(30-21)25(32)33/h1-11,16,22,24H,12-15,17H2,(H,32,33). The van der Waals surface area contributed by atoms with Crippen LogP contribution in [0.5, 0.6) is 0 Å². The van der Waals surface area contributed by atoms with Crippen molar-refractivity contribution in [1.82, 2.24) is 9.88 Å². The van der Waals surface area contributed by atoms with Gasteiger partial charge >= 0.3 is 12.1 Å². The fourth-order valence-corrected chi connectivity index (χ4v) is 4.17. The molecule has 1 unspecified atom stereocenters. The Kier molecular flexibility index (Phi) is 7.29. The first kappa shape index (κ1) is 23.9. The van der Waals surface area contributed by atoms with Gasteiger partial charge in [-0.05, 0) is 48.2 Å². The van der Waals surface area contributed by atoms with E-state index >= 15 is 0 Å². The van der Waals surface area contributed by atoms with Crippen molar-refractivity contribution in [2.24, 2.45) is 0 Å². The van der Waals surface area contributed by atoms with Crippen LogP contribution < -0.4 is 0 Å². The van der Waals surface area contributed by atoms with Crippen LogP contribution in [0.1, 0.15) is 51.8 Å². The lowest BCUT2D eigenvalue weighted by molar-refractivity contribution is -0.137. The zero-order chi connectivity index (χ0) is 24.1. The van der Waals surface area contributed by atoms with E-state index in [-0.39, 0.29) is 11.8 Å². The average Bonchev–Trinajstić information content (AvgIpc) is 2.84. The number of nitrogens with zero attached hydrogens (tertiary/aromatic N) is 2. The van der Waals surface area contributed by atoms with Crippen LogP contribution in [0.25, 0.3) is 0 Å². The third kappa shape index (κ3) is 6.01. The van der Waals surface area contributed by atoms with Crippen molar-refractivity contribution in [3.8, 4) is 0 Å². The van der Waals surface area contributed by atoms with Crippen molar-refractivity contribution in [1.29, 1.82) is 0 Å². The number of benzene rings is 2. The molecule has 0 bridgehead atoms. The number of aromatic nitrogens is 1. The molecule has 2 aromatic carbocycles. The SMILES string of the molecule is O=C(O)c1cccc(CN2CCC(OC(c3ccccc3)c3cccc(C(F)(F)F)c3)CC2)n1. The van der Waals surface area contributed by atoms with Gasteiger partial charge in [-0.1, -0.05) is 48.5 Å². The summed E-state index contributed by atoms with van der Waals surface area (Å²) in [6, 6.07) is 19.5. The molecule has 34 heavy (non-hydrogen) atoms. The molecule has 1 aliphatic rings. The minimum Gasteiger partial charge on any atom is -0.477 e. The zero-order valence-electron chi connectivity index (χ0n) is 18.4. The number of ether oxygens (including phenoxy) is 1. The van der Waals surface area contributed by atoms with Gasteiger partial charge in [0.05, 0.1) is 17.4 Å². The largest absolute Gasteiger partial charge is 0.477 e. The minimum absolute atomic E-state index is 0.0162. The molecule has 0 saturated carbocycles. The van der Waals surface area contributed by atoms with E-state index in [9.17, 15) is 18.0 Å². The van der Waals surface area contributed by atoms with Crippen LogP contribution in [-0.4, -0.2) is 40.2 Å². The summed E-state index contributed by atoms with van der Waals surface area (Å²) < 4.78 is 46.3. The number of rotatable bonds is 7. The van der Waals surface area contributed by atoms with E-state index < -0.39 is 23.8 Å². The predicted octanol–water partition coefficient (Wildman–Crippen LogP) is 5.57. The van der Waals surface area contributed by atoms with Crippen LogP contribution in [-0.2, 0) is 17.5 Å². The number of carboxylic acid groups (broad SMARTS) is 1. The smallest absolute Gasteiger partial charge is 0.416 e. The zero-order valence-corrected chi connectivity index (χ0v) is 18.4. The fourth-order valence-electron chi connectivity index (χ4n) is 4.17. The molecule has 0 radical (unpaired) electrons. The summed E-state index contributed by atoms with van der Waals surface area (Å²) in [5.74, 6) is -1.06. The van der Waals surface area contributed by atoms with E-state index in [1.165, 1.54) is 12.1 Å². The Hall–Kier alpha value is -3.23. The highest BCUT2D eigenvalue weighted by molar-refractivity contribution is 5.85. The van der Waals surface area contributed by atoms with Crippen molar-refractivity contribution in [3.63, 3.8) is 0 Å². The maximum absolute atomic E-state index is 13.3. The molecule has 5 nitrogen and oxygen atoms in total. The van der Waals surface area contributed by atoms with E-state index in [4.69, 9.17) is 9.84 Å². The van der Waals surface area contributed by atoms with Gasteiger partial charge in [-0.3, -0.25) is 4.90 Å². The van der Waals surface area contributed by atoms with Crippen LogP contribution in [0.2, 0.25) is 0 Å². The van der Waals surface area contributed by atoms with E-state index in [1.54, 1.807) is 18.2 Å². The van der Waals surface area contributed by atoms with Gasteiger partial charge < -0.3 is 9.84 Å². The minimum atomic E-state index is -4.42. The molecule has 178 valence electrons. The van der Waals surface area contributed by atoms with Gasteiger partial charge in [-0.2, -0.15) is 13.2 Å². The van der Waals surface area contributed by atoms with Crippen LogP contribution in [0, 0.1) is 0 Å². The molecular weight excluding hydrogens is 445 g/mol. The Morgan fingerprint density at radius 3 is 2.35 bits per heavy atom. The lowest BCUT2D eigenvalue weighted by Crippen LogP contribution is -2.37. The monoisotopic (exact) mass is 470 g/mol. The number of hydrogen-bond acceptors (Lipinski definition) is 4. The van der Waals surface area contributed by atoms with Crippen molar-refractivity contribution >= 4 is 5.97 Å². The highest BCUT2D eigenvalue weighted by Gasteiger charge is 2.32. The van der Waals surface area contributed by atoms with Crippen molar-refractivity contribution in [3.05, 3.63) is 101 Å². The lowest BCUT2D eigenvalue weighted by Gasteiger charge is -2.34. The predicted molar refractivity (Wildman–Crippen MR) is 120 cm³/mol. The maximum atomic E-state index is 13.3. The van der Waals surface area contributed by atoms with Gasteiger partial charge in [0.25, 0.3) is 0 Å². The molecule has 0 aliphatic carbocycles. The first-order valence-corrected chi connectivity index (χ1v) is 11.1. The molecule has 1 saturated heterocycles. The summed E-state index contributed by atoms with van der Waals surface area (Å²) in [7, 11) is 0. The number of alkyl halides is 3. The molecule has 8 heteroatoms. The Labute approximate surface area is 195 Å². The molecule has 4 rings (SSSR count). The molecule has 1 aliphatic heterocycles. The van der Waals surface area contributed by atoms with E-state index in [2.05, 4.69) is 9.88 Å². The number of aromatic carboxylic acids is 1. The molecule has 0 amide bonds. The topological polar surface area (TPSA) is 62.7 Å². The number of carboxylic acids is 1. The van der Waals surface area contributed by atoms with Crippen LogP contribution in [0.4, 0.5) is 13.2 Å². The van der Waals surface area contributed by atoms with Crippen LogP contribution in [0.15, 0.2) is 72.8 Å². The van der Waals surface area contributed by atoms with Gasteiger partial charge in [0.2, 0.25) is 0 Å². The number of piperidine rings is 1. The number of likely N-dealkylation sites (tertiary alicyclic amines) is 1. The first-order valence-electron chi connectivity index (χ1n) is 11.1. The summed E-state index contributed by atoms with van der Waals surface area (Å²) >= 11 is 0. The van der Waals surface area contributed by atoms with E-state index in [0.29, 0.717) is 43.7 Å². The second-order valence-electron chi connectivity index (χ2n) is 8.34. The number of hydrogen-bond donors (Lipinski definition) is 1. The molecule has 1 fully saturated rings. The quantitative estimate of drug-likeness (QED) is 0.489. The third-order valence-corrected chi connectivity index (χ3v) is 5.89. The van der Waals surface area contributed by atoms with Crippen molar-refractivity contribution < 1.29 is 27.8 Å². The number of pyridine rings is 1. The summed E-state index contributed by atoms with van der Waals surface area (Å²) in [6.45, 7) is 1.96. The highest BCUT2D eigenvalue weighted by Crippen LogP contribution is 2.35. The molecule has 0 spiro atoms. The molecular formula is C26H25F3N2O3. The van der Waals surface area contributed by atoms with Crippen molar-refractivity contribution in [2.45, 2.75) is 37.8 Å². The molecule has 1 aromatic heterocycles. The Balaban J connectivity index is 1.44. The maximum Gasteiger partial charge on any atom is 0.416 e. The van der Waals surface area contributed by atoms with Crippen molar-refractivity contribution in [2.75, 3.05) is 13.1 Å². The van der Waals surface area contributed by atoms with Crippen LogP contribution in [0.3, 0.4) is 0 Å². The third-order valence-electron chi connectivity index (χ3n) is 5.89. The Bertz CT molecular complexity index is 1110. The second kappa shape index (κ2) is 10.4. The molecule has 1 N–H and O–H groups in total. The van der Waals surface area contributed by atoms with E-state index in [0.717, 1.165) is 17.7 Å². The summed E-state index contributed by atoms with van der Waals surface area (Å²) in [5.41, 5.74) is 1.28. The van der Waals surface area contributed by atoms with Gasteiger partial charge in [0.1, 0.15) is 11.8 Å². The Morgan fingerprint density at radius 2 is 1.68 bits per heavy atom. The van der Waals surface area contributed by atoms with Gasteiger partial charge in [-0.25, -0.2) is 9.78 Å². The normalized spacial score (nSPS) is 16.3. The first-order chi connectivity index (χ1) is 16.3. The summed E-state index contributed by atoms with van der Waals surface area (Å²) in [4.78, 5) is 17.5. The van der Waals surface area contributed by atoms with Gasteiger partial charge in [0.15, 0.2) is 0 Å². The summed E-state index contributed by atoms with van der Waals surface area (Å²) in [6.07, 6.45) is -3.72. The van der Waals surface area contributed by atoms with Gasteiger partial charge in [-0.15, -0.1) is 0 Å². The number of halogens is 3. The number of carbonyl (C=O) groups is 1. The lowest BCUT2D eigenvalue weighted by atomic mass is 9.98. The average molecular weight is 470 g/mol. The van der Waals surface area contributed by atoms with Crippen LogP contribution >= 0.6 is 0 Å². The summed E-state index contributed by atoms with van der Waals surface area (Å²) in [5, 5.41) is 9.13. The molecule has 1 atom stereocenters. The van der Waals surface area contributed by atoms with E-state index in [1.807, 2.05) is 30.3 Å². The fraction of sp³-hybridized carbons (Fsp3) is 0.308. The second-order valence-corrected chi connectivity index (χ2v) is 8.34. The van der Waals surface area contributed by atoms with Gasteiger partial charge in [0, 0.05) is 19.6 Å².